The highest BCUT2D eigenvalue weighted by Gasteiger charge is 2.19. The zero-order valence-corrected chi connectivity index (χ0v) is 19.9. The molecule has 0 unspecified atom stereocenters. The number of ether oxygens (including phenoxy) is 1. The molecule has 1 saturated heterocycles. The molecule has 0 spiro atoms. The van der Waals surface area contributed by atoms with E-state index >= 15 is 0 Å². The highest BCUT2D eigenvalue weighted by atomic mass is 32.2. The molecule has 5 rings (SSSR count). The largest absolute Gasteiger partial charge is 0.439 e. The van der Waals surface area contributed by atoms with E-state index in [2.05, 4.69) is 30.0 Å². The van der Waals surface area contributed by atoms with Crippen molar-refractivity contribution >= 4 is 21.7 Å². The Morgan fingerprint density at radius 2 is 1.74 bits per heavy atom. The predicted molar refractivity (Wildman–Crippen MR) is 133 cm³/mol. The Bertz CT molecular complexity index is 1400. The fourth-order valence-corrected chi connectivity index (χ4v) is 4.69. The van der Waals surface area contributed by atoms with Crippen LogP contribution in [0.5, 0.6) is 11.6 Å². The van der Waals surface area contributed by atoms with E-state index in [4.69, 9.17) is 4.74 Å². The molecule has 10 nitrogen and oxygen atoms in total. The average Bonchev–Trinajstić information content (AvgIpc) is 3.33. The van der Waals surface area contributed by atoms with Crippen LogP contribution in [0.15, 0.2) is 78.0 Å². The fourth-order valence-electron chi connectivity index (χ4n) is 3.77. The normalized spacial score (nSPS) is 14.0. The van der Waals surface area contributed by atoms with Crippen LogP contribution in [0.3, 0.4) is 0 Å². The number of anilines is 2. The molecule has 0 atom stereocenters. The number of hydrogen-bond donors (Lipinski definition) is 2. The smallest absolute Gasteiger partial charge is 0.267 e. The average molecular weight is 492 g/mol. The number of aryl methyl sites for hydroxylation is 1. The Balaban J connectivity index is 1.43. The van der Waals surface area contributed by atoms with Gasteiger partial charge in [0.05, 0.1) is 11.9 Å². The third kappa shape index (κ3) is 5.42. The fraction of sp³-hybridized carbons (Fsp3) is 0.208. The van der Waals surface area contributed by atoms with Crippen LogP contribution >= 0.6 is 0 Å². The van der Waals surface area contributed by atoms with Gasteiger partial charge in [-0.25, -0.2) is 18.1 Å². The minimum atomic E-state index is -3.92. The van der Waals surface area contributed by atoms with Crippen LogP contribution in [0.1, 0.15) is 0 Å². The van der Waals surface area contributed by atoms with Gasteiger partial charge in [0.15, 0.2) is 0 Å². The van der Waals surface area contributed by atoms with E-state index < -0.39 is 10.0 Å². The van der Waals surface area contributed by atoms with Crippen LogP contribution in [0.2, 0.25) is 0 Å². The maximum absolute atomic E-state index is 12.8. The molecule has 1 fully saturated rings. The van der Waals surface area contributed by atoms with Crippen LogP contribution in [0, 0.1) is 0 Å². The monoisotopic (exact) mass is 491 g/mol. The molecule has 4 aromatic rings. The van der Waals surface area contributed by atoms with E-state index in [1.54, 1.807) is 13.1 Å². The van der Waals surface area contributed by atoms with Gasteiger partial charge in [0, 0.05) is 56.7 Å². The summed E-state index contributed by atoms with van der Waals surface area (Å²) in [6.45, 7) is 3.82. The summed E-state index contributed by atoms with van der Waals surface area (Å²) in [6, 6.07) is 18.9. The Hall–Kier alpha value is -3.96. The zero-order valence-electron chi connectivity index (χ0n) is 19.1. The molecule has 2 aromatic carbocycles. The molecule has 0 amide bonds. The molecule has 0 bridgehead atoms. The lowest BCUT2D eigenvalue weighted by molar-refractivity contribution is 0.463. The molecule has 2 N–H and O–H groups in total. The lowest BCUT2D eigenvalue weighted by Gasteiger charge is -2.29. The third-order valence-corrected chi connectivity index (χ3v) is 6.81. The van der Waals surface area contributed by atoms with Crippen molar-refractivity contribution in [3.63, 3.8) is 0 Å². The van der Waals surface area contributed by atoms with Crippen LogP contribution < -0.4 is 19.7 Å². The first-order valence-electron chi connectivity index (χ1n) is 11.2. The summed E-state index contributed by atoms with van der Waals surface area (Å²) in [5.74, 6) is 0.711. The number of sulfonamides is 1. The van der Waals surface area contributed by atoms with E-state index in [9.17, 15) is 8.42 Å². The van der Waals surface area contributed by atoms with Gasteiger partial charge in [-0.1, -0.05) is 30.3 Å². The Morgan fingerprint density at radius 3 is 2.43 bits per heavy atom. The predicted octanol–water partition coefficient (Wildman–Crippen LogP) is 2.88. The lowest BCUT2D eigenvalue weighted by Crippen LogP contribution is -2.43. The minimum Gasteiger partial charge on any atom is -0.439 e. The molecular weight excluding hydrogens is 466 g/mol. The lowest BCUT2D eigenvalue weighted by atomic mass is 10.1. The van der Waals surface area contributed by atoms with Gasteiger partial charge in [0.25, 0.3) is 10.0 Å². The minimum absolute atomic E-state index is 0.0136. The summed E-state index contributed by atoms with van der Waals surface area (Å²) in [5.41, 5.74) is 2.45. The molecule has 1 aliphatic heterocycles. The third-order valence-electron chi connectivity index (χ3n) is 5.53. The summed E-state index contributed by atoms with van der Waals surface area (Å²) in [6.07, 6.45) is 2.67. The van der Waals surface area contributed by atoms with E-state index in [1.807, 2.05) is 54.6 Å². The summed E-state index contributed by atoms with van der Waals surface area (Å²) in [5, 5.41) is 7.28. The Labute approximate surface area is 203 Å². The second-order valence-electron chi connectivity index (χ2n) is 8.07. The Morgan fingerprint density at radius 1 is 1.00 bits per heavy atom. The van der Waals surface area contributed by atoms with Crippen molar-refractivity contribution in [2.45, 2.75) is 4.90 Å². The number of piperazine rings is 1. The number of rotatable bonds is 7. The van der Waals surface area contributed by atoms with Gasteiger partial charge in [-0.2, -0.15) is 10.1 Å². The van der Waals surface area contributed by atoms with Gasteiger partial charge in [0.1, 0.15) is 10.6 Å². The molecule has 2 aromatic heterocycles. The standard InChI is InChI=1S/C24H25N7O3S/c1-30-17-21(16-26-30)35(32,33)29-24-27-22(18-5-3-2-4-6-18)15-23(28-24)34-20-9-7-19(8-10-20)31-13-11-25-12-14-31/h2-10,15-17,25H,11-14H2,1H3,(H,27,28,29). The van der Waals surface area contributed by atoms with Gasteiger partial charge < -0.3 is 15.0 Å². The Kier molecular flexibility index (Phi) is 6.34. The molecule has 1 aliphatic rings. The second kappa shape index (κ2) is 9.72. The zero-order chi connectivity index (χ0) is 24.3. The number of benzene rings is 2. The molecule has 0 radical (unpaired) electrons. The van der Waals surface area contributed by atoms with E-state index in [1.165, 1.54) is 17.1 Å². The van der Waals surface area contributed by atoms with Crippen LogP contribution in [0.25, 0.3) is 11.3 Å². The van der Waals surface area contributed by atoms with E-state index in [0.29, 0.717) is 11.4 Å². The highest BCUT2D eigenvalue weighted by molar-refractivity contribution is 7.92. The van der Waals surface area contributed by atoms with Crippen LogP contribution in [0.4, 0.5) is 11.6 Å². The van der Waals surface area contributed by atoms with E-state index in [-0.39, 0.29) is 16.7 Å². The summed E-state index contributed by atoms with van der Waals surface area (Å²) < 4.78 is 35.5. The molecule has 0 saturated carbocycles. The van der Waals surface area contributed by atoms with Crippen molar-refractivity contribution in [3.8, 4) is 22.9 Å². The molecular formula is C24H25N7O3S. The molecule has 0 aliphatic carbocycles. The topological polar surface area (TPSA) is 114 Å². The number of nitrogens with zero attached hydrogens (tertiary/aromatic N) is 5. The first-order chi connectivity index (χ1) is 17.0. The summed E-state index contributed by atoms with van der Waals surface area (Å²) >= 11 is 0. The maximum Gasteiger partial charge on any atom is 0.267 e. The van der Waals surface area contributed by atoms with Crippen LogP contribution in [-0.4, -0.2) is 54.3 Å². The van der Waals surface area contributed by atoms with Crippen LogP contribution in [-0.2, 0) is 17.1 Å². The number of hydrogen-bond acceptors (Lipinski definition) is 8. The van der Waals surface area contributed by atoms with E-state index in [0.717, 1.165) is 37.4 Å². The second-order valence-corrected chi connectivity index (χ2v) is 9.75. The van der Waals surface area contributed by atoms with Crippen molar-refractivity contribution in [2.75, 3.05) is 35.8 Å². The van der Waals surface area contributed by atoms with Crippen molar-refractivity contribution in [1.29, 1.82) is 0 Å². The number of nitrogens with one attached hydrogen (secondary N) is 2. The van der Waals surface area contributed by atoms with Crippen molar-refractivity contribution < 1.29 is 13.2 Å². The quantitative estimate of drug-likeness (QED) is 0.406. The molecule has 35 heavy (non-hydrogen) atoms. The maximum atomic E-state index is 12.8. The van der Waals surface area contributed by atoms with Gasteiger partial charge in [0.2, 0.25) is 11.8 Å². The SMILES string of the molecule is Cn1cc(S(=O)(=O)Nc2nc(Oc3ccc(N4CCNCC4)cc3)cc(-c3ccccc3)n2)cn1. The van der Waals surface area contributed by atoms with Gasteiger partial charge in [-0.15, -0.1) is 0 Å². The first kappa shape index (κ1) is 22.8. The summed E-state index contributed by atoms with van der Waals surface area (Å²) in [4.78, 5) is 11.1. The van der Waals surface area contributed by atoms with Gasteiger partial charge in [-0.3, -0.25) is 4.68 Å². The highest BCUT2D eigenvalue weighted by Crippen LogP contribution is 2.28. The molecule has 11 heteroatoms. The number of aromatic nitrogens is 4. The summed E-state index contributed by atoms with van der Waals surface area (Å²) in [7, 11) is -2.28. The molecule has 180 valence electrons. The van der Waals surface area contributed by atoms with Gasteiger partial charge >= 0.3 is 0 Å². The van der Waals surface area contributed by atoms with Crippen molar-refractivity contribution in [2.24, 2.45) is 7.05 Å². The van der Waals surface area contributed by atoms with Crippen molar-refractivity contribution in [3.05, 3.63) is 73.1 Å². The van der Waals surface area contributed by atoms with Crippen molar-refractivity contribution in [1.82, 2.24) is 25.1 Å². The first-order valence-corrected chi connectivity index (χ1v) is 12.6. The molecule has 3 heterocycles. The van der Waals surface area contributed by atoms with Gasteiger partial charge in [-0.05, 0) is 24.3 Å².